The topological polar surface area (TPSA) is 38.9 Å². The van der Waals surface area contributed by atoms with Crippen molar-refractivity contribution in [1.82, 2.24) is 10.2 Å². The maximum absolute atomic E-state index is 5.28. The summed E-state index contributed by atoms with van der Waals surface area (Å²) in [6.07, 6.45) is 9.31. The Hall–Kier alpha value is -1.86. The summed E-state index contributed by atoms with van der Waals surface area (Å²) in [5, 5.41) is 7.67. The van der Waals surface area contributed by atoms with Crippen molar-refractivity contribution < 1.29 is 4.42 Å². The molecule has 1 aliphatic carbocycles. The Balaban J connectivity index is 2.38. The van der Waals surface area contributed by atoms with Crippen LogP contribution in [0.25, 0.3) is 5.57 Å². The second-order valence-corrected chi connectivity index (χ2v) is 2.61. The van der Waals surface area contributed by atoms with E-state index in [-0.39, 0.29) is 0 Å². The molecule has 0 amide bonds. The number of aromatic nitrogens is 2. The third kappa shape index (κ3) is 1.66. The number of aryl methyl sites for hydroxylation is 1. The molecule has 0 atom stereocenters. The van der Waals surface area contributed by atoms with Gasteiger partial charge in [-0.25, -0.2) is 0 Å². The van der Waals surface area contributed by atoms with Gasteiger partial charge < -0.3 is 4.42 Å². The van der Waals surface area contributed by atoms with Gasteiger partial charge in [0.25, 0.3) is 0 Å². The van der Waals surface area contributed by atoms with Crippen molar-refractivity contribution in [3.8, 4) is 0 Å². The molecular weight excluding hydrogens is 164 g/mol. The van der Waals surface area contributed by atoms with Crippen molar-refractivity contribution in [2.75, 3.05) is 0 Å². The average Bonchev–Trinajstić information content (AvgIpc) is 2.43. The van der Waals surface area contributed by atoms with E-state index in [1.807, 2.05) is 30.4 Å². The van der Waals surface area contributed by atoms with Crippen molar-refractivity contribution in [1.29, 1.82) is 0 Å². The molecule has 2 rings (SSSR count). The Kier molecular flexibility index (Phi) is 1.94. The van der Waals surface area contributed by atoms with E-state index in [1.54, 1.807) is 6.92 Å². The van der Waals surface area contributed by atoms with E-state index in [0.717, 1.165) is 5.57 Å². The highest BCUT2D eigenvalue weighted by Gasteiger charge is 2.05. The fourth-order valence-corrected chi connectivity index (χ4v) is 1.01. The number of nitrogens with zero attached hydrogens (tertiary/aromatic N) is 2. The van der Waals surface area contributed by atoms with Crippen LogP contribution in [0.2, 0.25) is 0 Å². The van der Waals surface area contributed by atoms with Gasteiger partial charge in [-0.15, -0.1) is 15.9 Å². The minimum absolute atomic E-state index is 0.544. The summed E-state index contributed by atoms with van der Waals surface area (Å²) in [4.78, 5) is 0. The first kappa shape index (κ1) is 7.77. The van der Waals surface area contributed by atoms with Crippen LogP contribution in [0, 0.1) is 6.92 Å². The van der Waals surface area contributed by atoms with Crippen molar-refractivity contribution in [2.45, 2.75) is 6.92 Å². The van der Waals surface area contributed by atoms with Gasteiger partial charge in [-0.3, -0.25) is 0 Å². The molecule has 0 aliphatic heterocycles. The lowest BCUT2D eigenvalue weighted by atomic mass is 10.2. The van der Waals surface area contributed by atoms with Gasteiger partial charge in [0.2, 0.25) is 11.8 Å². The molecule has 0 N–H and O–H groups in total. The van der Waals surface area contributed by atoms with E-state index < -0.39 is 0 Å². The molecule has 0 spiro atoms. The largest absolute Gasteiger partial charge is 0.421 e. The number of allylic oxidation sites excluding steroid dienone is 5. The van der Waals surface area contributed by atoms with Crippen LogP contribution in [0.3, 0.4) is 0 Å². The van der Waals surface area contributed by atoms with Gasteiger partial charge in [-0.2, -0.15) is 0 Å². The highest BCUT2D eigenvalue weighted by molar-refractivity contribution is 5.70. The molecule has 0 fully saturated rings. The Morgan fingerprint density at radius 3 is 3.00 bits per heavy atom. The lowest BCUT2D eigenvalue weighted by Gasteiger charge is -1.90. The lowest BCUT2D eigenvalue weighted by molar-refractivity contribution is 0.507. The second kappa shape index (κ2) is 3.25. The number of hydrogen-bond acceptors (Lipinski definition) is 3. The standard InChI is InChI=1S/C10H8N2O/c1-8-11-12-10(13-8)9-6-4-2-3-5-7-9/h2,4-7H,1H3. The molecular formula is C10H8N2O. The quantitative estimate of drug-likeness (QED) is 0.608. The molecule has 0 radical (unpaired) electrons. The zero-order valence-corrected chi connectivity index (χ0v) is 7.19. The normalized spacial score (nSPS) is 14.4. The molecule has 0 bridgehead atoms. The van der Waals surface area contributed by atoms with Crippen LogP contribution >= 0.6 is 0 Å². The summed E-state index contributed by atoms with van der Waals surface area (Å²) in [5.41, 5.74) is 3.86. The Bertz CT molecular complexity index is 432. The average molecular weight is 172 g/mol. The van der Waals surface area contributed by atoms with Crippen molar-refractivity contribution in [3.05, 3.63) is 47.9 Å². The third-order valence-corrected chi connectivity index (χ3v) is 1.60. The van der Waals surface area contributed by atoms with E-state index in [0.29, 0.717) is 11.8 Å². The van der Waals surface area contributed by atoms with E-state index >= 15 is 0 Å². The summed E-state index contributed by atoms with van der Waals surface area (Å²) < 4.78 is 5.28. The van der Waals surface area contributed by atoms with E-state index in [9.17, 15) is 0 Å². The lowest BCUT2D eigenvalue weighted by Crippen LogP contribution is -1.79. The molecule has 0 unspecified atom stereocenters. The maximum atomic E-state index is 5.28. The molecule has 1 aliphatic rings. The molecule has 1 aromatic rings. The Labute approximate surface area is 75.8 Å². The van der Waals surface area contributed by atoms with Crippen molar-refractivity contribution in [2.24, 2.45) is 0 Å². The zero-order chi connectivity index (χ0) is 9.10. The zero-order valence-electron chi connectivity index (χ0n) is 7.19. The van der Waals surface area contributed by atoms with Gasteiger partial charge in [-0.1, -0.05) is 6.08 Å². The van der Waals surface area contributed by atoms with Crippen LogP contribution in [-0.4, -0.2) is 10.2 Å². The first-order valence-electron chi connectivity index (χ1n) is 3.96. The predicted octanol–water partition coefficient (Wildman–Crippen LogP) is 2.04. The van der Waals surface area contributed by atoms with E-state index in [4.69, 9.17) is 4.42 Å². The van der Waals surface area contributed by atoms with Gasteiger partial charge in [0, 0.05) is 12.5 Å². The first-order valence-corrected chi connectivity index (χ1v) is 3.96. The molecule has 3 nitrogen and oxygen atoms in total. The van der Waals surface area contributed by atoms with Gasteiger partial charge in [-0.05, 0) is 24.3 Å². The fraction of sp³-hybridized carbons (Fsp3) is 0.100. The molecule has 1 heterocycles. The first-order chi connectivity index (χ1) is 6.36. The van der Waals surface area contributed by atoms with Gasteiger partial charge in [0.05, 0.1) is 0 Å². The van der Waals surface area contributed by atoms with Gasteiger partial charge in [0.15, 0.2) is 0 Å². The molecule has 0 aromatic carbocycles. The van der Waals surface area contributed by atoms with E-state index in [2.05, 4.69) is 15.9 Å². The van der Waals surface area contributed by atoms with Crippen LogP contribution in [-0.2, 0) is 0 Å². The van der Waals surface area contributed by atoms with Crippen molar-refractivity contribution >= 4 is 5.57 Å². The highest BCUT2D eigenvalue weighted by atomic mass is 16.4. The van der Waals surface area contributed by atoms with Crippen molar-refractivity contribution in [3.63, 3.8) is 0 Å². The fourth-order valence-electron chi connectivity index (χ4n) is 1.01. The number of rotatable bonds is 1. The summed E-state index contributed by atoms with van der Waals surface area (Å²) in [6.45, 7) is 1.77. The van der Waals surface area contributed by atoms with Gasteiger partial charge >= 0.3 is 0 Å². The summed E-state index contributed by atoms with van der Waals surface area (Å²) in [6, 6.07) is 0. The molecule has 13 heavy (non-hydrogen) atoms. The third-order valence-electron chi connectivity index (χ3n) is 1.60. The van der Waals surface area contributed by atoms with Crippen LogP contribution in [0.1, 0.15) is 11.8 Å². The second-order valence-electron chi connectivity index (χ2n) is 2.61. The summed E-state index contributed by atoms with van der Waals surface area (Å²) >= 11 is 0. The summed E-state index contributed by atoms with van der Waals surface area (Å²) in [5.74, 6) is 1.12. The smallest absolute Gasteiger partial charge is 0.247 e. The van der Waals surface area contributed by atoms with Crippen LogP contribution in [0.4, 0.5) is 0 Å². The SMILES string of the molecule is Cc1nnc(C2=CC=C=CC=C2)o1. The summed E-state index contributed by atoms with van der Waals surface area (Å²) in [7, 11) is 0. The highest BCUT2D eigenvalue weighted by Crippen LogP contribution is 2.15. The molecule has 0 saturated heterocycles. The van der Waals surface area contributed by atoms with Crippen LogP contribution in [0.5, 0.6) is 0 Å². The minimum Gasteiger partial charge on any atom is -0.421 e. The monoisotopic (exact) mass is 172 g/mol. The number of hydrogen-bond donors (Lipinski definition) is 0. The minimum atomic E-state index is 0.544. The van der Waals surface area contributed by atoms with Crippen LogP contribution in [0.15, 0.2) is 40.5 Å². The molecule has 0 saturated carbocycles. The molecule has 1 aromatic heterocycles. The maximum Gasteiger partial charge on any atom is 0.247 e. The van der Waals surface area contributed by atoms with E-state index in [1.165, 1.54) is 0 Å². The molecule has 3 heteroatoms. The Morgan fingerprint density at radius 1 is 1.31 bits per heavy atom. The molecule has 64 valence electrons. The Morgan fingerprint density at radius 2 is 2.23 bits per heavy atom. The predicted molar refractivity (Wildman–Crippen MR) is 48.8 cm³/mol. The van der Waals surface area contributed by atoms with Crippen LogP contribution < -0.4 is 0 Å². The van der Waals surface area contributed by atoms with Gasteiger partial charge in [0.1, 0.15) is 0 Å².